The zero-order chi connectivity index (χ0) is 36.3. The molecular formula is C26H29ClFN6O13P3. The first kappa shape index (κ1) is 37.9. The molecule has 2 aromatic heterocycles. The zero-order valence-electron chi connectivity index (χ0n) is 25.5. The smallest absolute Gasteiger partial charge is 0.460 e. The van der Waals surface area contributed by atoms with Gasteiger partial charge in [-0.25, -0.2) is 23.1 Å². The van der Waals surface area contributed by atoms with Gasteiger partial charge in [0.05, 0.1) is 12.9 Å². The van der Waals surface area contributed by atoms with Crippen molar-refractivity contribution in [1.82, 2.24) is 24.6 Å². The Kier molecular flexibility index (Phi) is 11.7. The normalized spacial score (nSPS) is 23.4. The third kappa shape index (κ3) is 9.50. The van der Waals surface area contributed by atoms with Crippen LogP contribution in [0.25, 0.3) is 11.2 Å². The highest BCUT2D eigenvalue weighted by Crippen LogP contribution is 2.67. The standard InChI is InChI=1S/C26H29ClFN6O13P3/c1-15(25(36)42-12-16-8-4-2-5-9-16)33-48(37,45-17-10-6-3-7-11-17)46-50(40,41)47-49(38,39)43-13-18-21(35)19(28)24(44-18)34-14-30-20-22(29)31-26(27)32-23(20)34/h2-11,14-15,18-19,21,24,35H,12-13H2,1H3,(H,33,37)(H,38,39)(H,40,41)(H2,29,31,32)/t15-,18+,19-,21+,24+,48?/m0/s1. The van der Waals surface area contributed by atoms with Crippen molar-refractivity contribution >= 4 is 57.9 Å². The molecule has 50 heavy (non-hydrogen) atoms. The summed E-state index contributed by atoms with van der Waals surface area (Å²) in [5, 5.41) is 12.3. The van der Waals surface area contributed by atoms with Gasteiger partial charge in [-0.2, -0.15) is 23.7 Å². The van der Waals surface area contributed by atoms with Gasteiger partial charge < -0.3 is 34.6 Å². The molecule has 19 nitrogen and oxygen atoms in total. The first-order chi connectivity index (χ1) is 23.5. The van der Waals surface area contributed by atoms with Crippen LogP contribution in [0.5, 0.6) is 5.75 Å². The van der Waals surface area contributed by atoms with Crippen molar-refractivity contribution in [2.75, 3.05) is 12.3 Å². The van der Waals surface area contributed by atoms with Crippen molar-refractivity contribution in [1.29, 1.82) is 0 Å². The van der Waals surface area contributed by atoms with Crippen molar-refractivity contribution in [2.24, 2.45) is 0 Å². The predicted molar refractivity (Wildman–Crippen MR) is 171 cm³/mol. The predicted octanol–water partition coefficient (Wildman–Crippen LogP) is 3.82. The number of nitrogens with zero attached hydrogens (tertiary/aromatic N) is 4. The fraction of sp³-hybridized carbons (Fsp3) is 0.308. The van der Waals surface area contributed by atoms with Crippen molar-refractivity contribution in [3.8, 4) is 5.75 Å². The van der Waals surface area contributed by atoms with E-state index in [-0.39, 0.29) is 34.6 Å². The minimum Gasteiger partial charge on any atom is -0.460 e. The quantitative estimate of drug-likeness (QED) is 0.0652. The maximum Gasteiger partial charge on any atom is 0.490 e. The number of imidazole rings is 1. The van der Waals surface area contributed by atoms with E-state index < -0.39 is 66.6 Å². The van der Waals surface area contributed by atoms with Crippen molar-refractivity contribution < 1.29 is 64.9 Å². The molecule has 0 bridgehead atoms. The molecule has 0 radical (unpaired) electrons. The number of para-hydroxylation sites is 1. The molecule has 4 aromatic rings. The van der Waals surface area contributed by atoms with Crippen molar-refractivity contribution in [3.05, 3.63) is 77.8 Å². The number of nitrogens with two attached hydrogens (primary N) is 1. The first-order valence-electron chi connectivity index (χ1n) is 14.2. The van der Waals surface area contributed by atoms with E-state index in [9.17, 15) is 33.4 Å². The van der Waals surface area contributed by atoms with E-state index in [1.165, 1.54) is 31.2 Å². The topological polar surface area (TPSA) is 266 Å². The molecule has 3 heterocycles. The monoisotopic (exact) mass is 780 g/mol. The van der Waals surface area contributed by atoms with Crippen molar-refractivity contribution in [2.45, 2.75) is 44.2 Å². The molecule has 8 atom stereocenters. The number of nitrogens with one attached hydrogen (secondary N) is 1. The number of ether oxygens (including phenoxy) is 2. The van der Waals surface area contributed by atoms with E-state index in [2.05, 4.69) is 24.3 Å². The maximum atomic E-state index is 15.1. The van der Waals surface area contributed by atoms with E-state index >= 15 is 4.39 Å². The van der Waals surface area contributed by atoms with Crippen LogP contribution in [0, 0.1) is 0 Å². The first-order valence-corrected chi connectivity index (χ1v) is 19.1. The lowest BCUT2D eigenvalue weighted by molar-refractivity contribution is -0.146. The summed E-state index contributed by atoms with van der Waals surface area (Å²) >= 11 is 5.84. The summed E-state index contributed by atoms with van der Waals surface area (Å²) in [6.07, 6.45) is -6.30. The number of halogens is 2. The molecule has 3 unspecified atom stereocenters. The zero-order valence-corrected chi connectivity index (χ0v) is 29.0. The van der Waals surface area contributed by atoms with Crippen LogP contribution in [0.15, 0.2) is 67.0 Å². The Morgan fingerprint density at radius 3 is 2.42 bits per heavy atom. The summed E-state index contributed by atoms with van der Waals surface area (Å²) in [5.41, 5.74) is 6.39. The Labute approximate surface area is 287 Å². The van der Waals surface area contributed by atoms with Gasteiger partial charge in [-0.05, 0) is 36.2 Å². The number of hydrogen-bond acceptors (Lipinski definition) is 15. The second-order valence-electron chi connectivity index (χ2n) is 10.4. The molecular weight excluding hydrogens is 752 g/mol. The number of benzene rings is 2. The number of anilines is 1. The van der Waals surface area contributed by atoms with E-state index in [4.69, 9.17) is 40.2 Å². The van der Waals surface area contributed by atoms with Crippen LogP contribution in [0.4, 0.5) is 10.2 Å². The molecule has 0 saturated carbocycles. The van der Waals surface area contributed by atoms with Crippen LogP contribution < -0.4 is 15.3 Å². The number of rotatable bonds is 15. The summed E-state index contributed by atoms with van der Waals surface area (Å²) < 4.78 is 85.1. The molecule has 0 aliphatic carbocycles. The molecule has 0 amide bonds. The number of carbonyl (C=O) groups is 1. The number of phosphoric acid groups is 2. The maximum absolute atomic E-state index is 15.1. The van der Waals surface area contributed by atoms with Crippen LogP contribution in [0.3, 0.4) is 0 Å². The number of hydrogen-bond donors (Lipinski definition) is 5. The highest BCUT2D eigenvalue weighted by molar-refractivity contribution is 7.68. The molecule has 1 saturated heterocycles. The van der Waals surface area contributed by atoms with Crippen LogP contribution in [0.1, 0.15) is 18.7 Å². The number of aliphatic hydroxyl groups is 1. The Morgan fingerprint density at radius 2 is 1.74 bits per heavy atom. The summed E-state index contributed by atoms with van der Waals surface area (Å²) in [5.74, 6) is -1.25. The molecule has 24 heteroatoms. The second-order valence-corrected chi connectivity index (χ2v) is 15.7. The summed E-state index contributed by atoms with van der Waals surface area (Å²) in [4.78, 5) is 44.9. The molecule has 0 spiro atoms. The molecule has 1 fully saturated rings. The lowest BCUT2D eigenvalue weighted by Gasteiger charge is -2.25. The molecule has 2 aromatic carbocycles. The molecule has 6 N–H and O–H groups in total. The molecule has 5 rings (SSSR count). The van der Waals surface area contributed by atoms with Crippen LogP contribution in [-0.2, 0) is 47.7 Å². The van der Waals surface area contributed by atoms with Gasteiger partial charge in [0.2, 0.25) is 5.28 Å². The van der Waals surface area contributed by atoms with Gasteiger partial charge in [-0.15, -0.1) is 0 Å². The lowest BCUT2D eigenvalue weighted by Crippen LogP contribution is -2.34. The molecule has 1 aliphatic rings. The Morgan fingerprint density at radius 1 is 1.08 bits per heavy atom. The third-order valence-electron chi connectivity index (χ3n) is 6.71. The number of carbonyl (C=O) groups excluding carboxylic acids is 1. The van der Waals surface area contributed by atoms with Gasteiger partial charge in [0.25, 0.3) is 0 Å². The highest BCUT2D eigenvalue weighted by Gasteiger charge is 2.49. The Hall–Kier alpha value is -3.35. The molecule has 270 valence electrons. The SMILES string of the molecule is C[C@H](NP(=O)(Oc1ccccc1)OP(=O)(O)OP(=O)(O)OC[C@H]1O[C@@H](n2cnc3c(N)nc(Cl)nc32)[C@@H](F)[C@@H]1O)C(=O)OCc1ccccc1. The number of esters is 1. The average molecular weight is 781 g/mol. The number of fused-ring (bicyclic) bond motifs is 1. The highest BCUT2D eigenvalue weighted by atomic mass is 35.5. The number of alkyl halides is 1. The summed E-state index contributed by atoms with van der Waals surface area (Å²) in [7, 11) is -16.6. The number of nitrogen functional groups attached to an aromatic ring is 1. The minimum absolute atomic E-state index is 0.0482. The van der Waals surface area contributed by atoms with Crippen LogP contribution in [0.2, 0.25) is 5.28 Å². The van der Waals surface area contributed by atoms with E-state index in [1.807, 2.05) is 0 Å². The van der Waals surface area contributed by atoms with Gasteiger partial charge >= 0.3 is 29.4 Å². The Balaban J connectivity index is 1.24. The van der Waals surface area contributed by atoms with Gasteiger partial charge in [0.1, 0.15) is 36.1 Å². The summed E-state index contributed by atoms with van der Waals surface area (Å²) in [6.45, 7) is -0.0536. The van der Waals surface area contributed by atoms with Gasteiger partial charge in [-0.1, -0.05) is 48.5 Å². The van der Waals surface area contributed by atoms with Gasteiger partial charge in [0.15, 0.2) is 23.9 Å². The van der Waals surface area contributed by atoms with E-state index in [0.717, 1.165) is 10.9 Å². The second kappa shape index (κ2) is 15.5. The van der Waals surface area contributed by atoms with Crippen molar-refractivity contribution in [3.63, 3.8) is 0 Å². The van der Waals surface area contributed by atoms with Crippen LogP contribution >= 0.6 is 35.0 Å². The minimum atomic E-state index is -5.87. The summed E-state index contributed by atoms with van der Waals surface area (Å²) in [6, 6.07) is 14.1. The largest absolute Gasteiger partial charge is 0.490 e. The number of phosphoric ester groups is 1. The lowest BCUT2D eigenvalue weighted by atomic mass is 10.1. The van der Waals surface area contributed by atoms with Crippen LogP contribution in [-0.4, -0.2) is 71.4 Å². The third-order valence-corrected chi connectivity index (χ3v) is 11.8. The van der Waals surface area contributed by atoms with Gasteiger partial charge in [-0.3, -0.25) is 13.9 Å². The number of aromatic nitrogens is 4. The Bertz CT molecular complexity index is 1970. The van der Waals surface area contributed by atoms with Gasteiger partial charge in [0, 0.05) is 0 Å². The molecule has 1 aliphatic heterocycles. The fourth-order valence-electron chi connectivity index (χ4n) is 4.46. The van der Waals surface area contributed by atoms with E-state index in [1.54, 1.807) is 36.4 Å². The van der Waals surface area contributed by atoms with E-state index in [0.29, 0.717) is 5.56 Å². The fourth-order valence-corrected chi connectivity index (χ4v) is 9.03. The average Bonchev–Trinajstić information content (AvgIpc) is 3.58. The number of aliphatic hydroxyl groups excluding tert-OH is 1.